The summed E-state index contributed by atoms with van der Waals surface area (Å²) in [5, 5.41) is 10.1. The molecule has 22 heavy (non-hydrogen) atoms. The molecule has 0 aliphatic carbocycles. The maximum Gasteiger partial charge on any atom is 0.336 e. The number of carbonyl (C=O) groups is 1. The molecule has 0 bridgehead atoms. The summed E-state index contributed by atoms with van der Waals surface area (Å²) in [5.41, 5.74) is 2.34. The van der Waals surface area contributed by atoms with Crippen LogP contribution in [0.2, 0.25) is 0 Å². The number of carboxylic acids is 1. The number of carboxylic acid groups (broad SMARTS) is 1. The van der Waals surface area contributed by atoms with Crippen molar-refractivity contribution in [3.8, 4) is 11.3 Å². The average molecular weight is 486 g/mol. The number of aromatic nitrogens is 1. The summed E-state index contributed by atoms with van der Waals surface area (Å²) < 4.78 is 2.51. The van der Waals surface area contributed by atoms with Gasteiger partial charge in [-0.1, -0.05) is 44.0 Å². The van der Waals surface area contributed by atoms with Crippen molar-refractivity contribution >= 4 is 64.7 Å². The minimum atomic E-state index is -0.976. The van der Waals surface area contributed by atoms with Crippen LogP contribution in [0.5, 0.6) is 0 Å². The summed E-state index contributed by atoms with van der Waals surface area (Å²) in [7, 11) is 0. The van der Waals surface area contributed by atoms with Gasteiger partial charge in [0.15, 0.2) is 0 Å². The van der Waals surface area contributed by atoms with Gasteiger partial charge < -0.3 is 5.11 Å². The lowest BCUT2D eigenvalue weighted by molar-refractivity contribution is 0.0699. The minimum absolute atomic E-state index is 0.227. The molecule has 0 aliphatic heterocycles. The number of halogens is 3. The second-order valence-corrected chi connectivity index (χ2v) is 7.34. The highest BCUT2D eigenvalue weighted by molar-refractivity contribution is 9.11. The number of rotatable bonds is 2. The van der Waals surface area contributed by atoms with E-state index in [0.29, 0.717) is 16.6 Å². The predicted octanol–water partition coefficient (Wildman–Crippen LogP) is 5.89. The average Bonchev–Trinajstić information content (AvgIpc) is 2.47. The van der Waals surface area contributed by atoms with E-state index in [1.54, 1.807) is 12.1 Å². The summed E-state index contributed by atoms with van der Waals surface area (Å²) in [6, 6.07) is 12.8. The van der Waals surface area contributed by atoms with Crippen LogP contribution in [0.15, 0.2) is 55.9 Å². The molecule has 0 saturated carbocycles. The summed E-state index contributed by atoms with van der Waals surface area (Å²) in [6.07, 6.45) is 0. The Morgan fingerprint density at radius 1 is 0.955 bits per heavy atom. The topological polar surface area (TPSA) is 50.2 Å². The molecule has 0 fully saturated rings. The van der Waals surface area contributed by atoms with Crippen LogP contribution in [0.1, 0.15) is 10.4 Å². The van der Waals surface area contributed by atoms with Crippen molar-refractivity contribution in [3.05, 3.63) is 61.4 Å². The summed E-state index contributed by atoms with van der Waals surface area (Å²) in [6.45, 7) is 0. The fraction of sp³-hybridized carbons (Fsp3) is 0. The molecule has 3 aromatic rings. The zero-order valence-electron chi connectivity index (χ0n) is 11.0. The molecule has 0 unspecified atom stereocenters. The summed E-state index contributed by atoms with van der Waals surface area (Å²) in [5.74, 6) is -0.976. The maximum atomic E-state index is 11.6. The number of pyridine rings is 1. The Hall–Kier alpha value is -1.24. The van der Waals surface area contributed by atoms with Gasteiger partial charge in [-0.15, -0.1) is 0 Å². The van der Waals surface area contributed by atoms with Gasteiger partial charge in [0.05, 0.1) is 16.8 Å². The number of fused-ring (bicyclic) bond motifs is 1. The van der Waals surface area contributed by atoms with Crippen LogP contribution >= 0.6 is 47.8 Å². The van der Waals surface area contributed by atoms with E-state index in [9.17, 15) is 9.90 Å². The van der Waals surface area contributed by atoms with E-state index < -0.39 is 5.97 Å². The fourth-order valence-corrected chi connectivity index (χ4v) is 3.78. The molecule has 1 aromatic heterocycles. The molecule has 1 N–H and O–H groups in total. The van der Waals surface area contributed by atoms with E-state index in [0.717, 1.165) is 19.0 Å². The fourth-order valence-electron chi connectivity index (χ4n) is 2.20. The molecule has 6 heteroatoms. The van der Waals surface area contributed by atoms with Crippen LogP contribution in [-0.4, -0.2) is 16.1 Å². The Kier molecular flexibility index (Phi) is 4.34. The van der Waals surface area contributed by atoms with Crippen LogP contribution < -0.4 is 0 Å². The first-order chi connectivity index (χ1) is 10.5. The van der Waals surface area contributed by atoms with Crippen molar-refractivity contribution in [1.29, 1.82) is 0 Å². The third-order valence-electron chi connectivity index (χ3n) is 3.20. The quantitative estimate of drug-likeness (QED) is 0.492. The van der Waals surface area contributed by atoms with Gasteiger partial charge in [0, 0.05) is 24.4 Å². The largest absolute Gasteiger partial charge is 0.478 e. The summed E-state index contributed by atoms with van der Waals surface area (Å²) >= 11 is 10.2. The monoisotopic (exact) mass is 483 g/mol. The van der Waals surface area contributed by atoms with E-state index in [-0.39, 0.29) is 5.56 Å². The second kappa shape index (κ2) is 6.10. The molecule has 3 rings (SSSR count). The first-order valence-electron chi connectivity index (χ1n) is 6.25. The van der Waals surface area contributed by atoms with Crippen LogP contribution in [0.4, 0.5) is 0 Å². The number of hydrogen-bond donors (Lipinski definition) is 1. The van der Waals surface area contributed by atoms with E-state index in [1.807, 2.05) is 30.3 Å². The molecule has 0 aliphatic rings. The normalized spacial score (nSPS) is 10.9. The molecule has 0 atom stereocenters. The molecule has 110 valence electrons. The van der Waals surface area contributed by atoms with Crippen molar-refractivity contribution in [1.82, 2.24) is 4.98 Å². The molecule has 0 saturated heterocycles. The highest BCUT2D eigenvalue weighted by Gasteiger charge is 2.15. The van der Waals surface area contributed by atoms with Crippen LogP contribution in [-0.2, 0) is 0 Å². The maximum absolute atomic E-state index is 11.6. The standard InChI is InChI=1S/C16H8Br3NO2/c17-9-3-1-8(2-4-9)14-7-12(16(21)22)11-5-10(18)6-13(19)15(11)20-14/h1-7H,(H,21,22). The van der Waals surface area contributed by atoms with E-state index in [4.69, 9.17) is 0 Å². The lowest BCUT2D eigenvalue weighted by Crippen LogP contribution is -2.01. The van der Waals surface area contributed by atoms with Crippen molar-refractivity contribution in [3.63, 3.8) is 0 Å². The number of nitrogens with zero attached hydrogens (tertiary/aromatic N) is 1. The Bertz CT molecular complexity index is 892. The van der Waals surface area contributed by atoms with Crippen molar-refractivity contribution < 1.29 is 9.90 Å². The highest BCUT2D eigenvalue weighted by atomic mass is 79.9. The Morgan fingerprint density at radius 3 is 2.27 bits per heavy atom. The first kappa shape index (κ1) is 15.6. The van der Waals surface area contributed by atoms with Crippen LogP contribution in [0.25, 0.3) is 22.2 Å². The van der Waals surface area contributed by atoms with Gasteiger partial charge in [0.1, 0.15) is 0 Å². The van der Waals surface area contributed by atoms with Crippen molar-refractivity contribution in [2.24, 2.45) is 0 Å². The third-order valence-corrected chi connectivity index (χ3v) is 4.79. The van der Waals surface area contributed by atoms with Gasteiger partial charge in [0.25, 0.3) is 0 Å². The van der Waals surface area contributed by atoms with Gasteiger partial charge in [-0.2, -0.15) is 0 Å². The predicted molar refractivity (Wildman–Crippen MR) is 97.2 cm³/mol. The van der Waals surface area contributed by atoms with E-state index >= 15 is 0 Å². The lowest BCUT2D eigenvalue weighted by Gasteiger charge is -2.09. The van der Waals surface area contributed by atoms with Gasteiger partial charge >= 0.3 is 5.97 Å². The molecule has 0 radical (unpaired) electrons. The highest BCUT2D eigenvalue weighted by Crippen LogP contribution is 2.32. The van der Waals surface area contributed by atoms with Crippen molar-refractivity contribution in [2.45, 2.75) is 0 Å². The van der Waals surface area contributed by atoms with E-state index in [2.05, 4.69) is 52.8 Å². The zero-order chi connectivity index (χ0) is 15.9. The third kappa shape index (κ3) is 2.95. The second-order valence-electron chi connectivity index (χ2n) is 4.65. The first-order valence-corrected chi connectivity index (χ1v) is 8.62. The van der Waals surface area contributed by atoms with Crippen molar-refractivity contribution in [2.75, 3.05) is 0 Å². The Balaban J connectivity index is 2.34. The zero-order valence-corrected chi connectivity index (χ0v) is 15.7. The Morgan fingerprint density at radius 2 is 1.64 bits per heavy atom. The number of benzene rings is 2. The molecule has 2 aromatic carbocycles. The molecule has 0 amide bonds. The molecular weight excluding hydrogens is 478 g/mol. The SMILES string of the molecule is O=C(O)c1cc(-c2ccc(Br)cc2)nc2c(Br)cc(Br)cc12. The summed E-state index contributed by atoms with van der Waals surface area (Å²) in [4.78, 5) is 16.2. The number of aromatic carboxylic acids is 1. The molecule has 1 heterocycles. The number of hydrogen-bond acceptors (Lipinski definition) is 2. The molecular formula is C16H8Br3NO2. The van der Waals surface area contributed by atoms with E-state index in [1.165, 1.54) is 0 Å². The lowest BCUT2D eigenvalue weighted by atomic mass is 10.0. The van der Waals surface area contributed by atoms with Crippen LogP contribution in [0, 0.1) is 0 Å². The molecule has 0 spiro atoms. The van der Waals surface area contributed by atoms with Crippen LogP contribution in [0.3, 0.4) is 0 Å². The smallest absolute Gasteiger partial charge is 0.336 e. The minimum Gasteiger partial charge on any atom is -0.478 e. The van der Waals surface area contributed by atoms with Gasteiger partial charge in [0.2, 0.25) is 0 Å². The van der Waals surface area contributed by atoms with Gasteiger partial charge in [-0.3, -0.25) is 0 Å². The van der Waals surface area contributed by atoms with Gasteiger partial charge in [-0.25, -0.2) is 9.78 Å². The van der Waals surface area contributed by atoms with Gasteiger partial charge in [-0.05, 0) is 46.3 Å². The Labute approximate surface area is 151 Å². The molecule has 3 nitrogen and oxygen atoms in total.